The first kappa shape index (κ1) is 14.4. The van der Waals surface area contributed by atoms with E-state index < -0.39 is 0 Å². The molecule has 0 saturated carbocycles. The highest BCUT2D eigenvalue weighted by Gasteiger charge is 2.10. The Hall–Kier alpha value is -1.62. The standard InChI is InChI=1S/C10H11ClN4O.C2H6/c1-5(2)16-9-8-6(13-10(12)15-9)3-4-7(11)14-8;1-2/h3-5H,1-2H3,(H2,12,13,15);1-2H3. The van der Waals surface area contributed by atoms with Crippen LogP contribution >= 0.6 is 11.6 Å². The molecule has 2 aromatic rings. The molecule has 0 amide bonds. The summed E-state index contributed by atoms with van der Waals surface area (Å²) in [6.45, 7) is 7.79. The zero-order valence-corrected chi connectivity index (χ0v) is 11.7. The summed E-state index contributed by atoms with van der Waals surface area (Å²) in [5, 5.41) is 0.370. The molecule has 0 fully saturated rings. The number of nitrogen functional groups attached to an aromatic ring is 1. The monoisotopic (exact) mass is 268 g/mol. The average Bonchev–Trinajstić information content (AvgIpc) is 2.32. The molecule has 0 aliphatic carbocycles. The summed E-state index contributed by atoms with van der Waals surface area (Å²) in [7, 11) is 0. The third kappa shape index (κ3) is 3.43. The van der Waals surface area contributed by atoms with Crippen LogP contribution in [0.2, 0.25) is 5.15 Å². The van der Waals surface area contributed by atoms with Crippen LogP contribution in [-0.2, 0) is 0 Å². The van der Waals surface area contributed by atoms with Crippen molar-refractivity contribution in [3.8, 4) is 5.88 Å². The summed E-state index contributed by atoms with van der Waals surface area (Å²) in [5.41, 5.74) is 6.72. The zero-order chi connectivity index (χ0) is 13.7. The maximum atomic E-state index is 5.81. The van der Waals surface area contributed by atoms with Gasteiger partial charge in [-0.05, 0) is 26.0 Å². The van der Waals surface area contributed by atoms with Crippen LogP contribution < -0.4 is 10.5 Å². The minimum Gasteiger partial charge on any atom is -0.473 e. The van der Waals surface area contributed by atoms with E-state index in [1.165, 1.54) is 0 Å². The minimum atomic E-state index is -0.0155. The van der Waals surface area contributed by atoms with E-state index in [9.17, 15) is 0 Å². The molecule has 2 aromatic heterocycles. The van der Waals surface area contributed by atoms with Crippen LogP contribution in [0.15, 0.2) is 12.1 Å². The Balaban J connectivity index is 0.000000771. The van der Waals surface area contributed by atoms with Gasteiger partial charge in [0, 0.05) is 0 Å². The molecule has 2 N–H and O–H groups in total. The van der Waals surface area contributed by atoms with Gasteiger partial charge in [-0.3, -0.25) is 0 Å². The molecule has 0 spiro atoms. The lowest BCUT2D eigenvalue weighted by Crippen LogP contribution is -2.09. The normalized spacial score (nSPS) is 10.1. The lowest BCUT2D eigenvalue weighted by Gasteiger charge is -2.10. The van der Waals surface area contributed by atoms with Crippen LogP contribution in [0, 0.1) is 0 Å². The maximum Gasteiger partial charge on any atom is 0.245 e. The average molecular weight is 269 g/mol. The Morgan fingerprint density at radius 3 is 2.44 bits per heavy atom. The van der Waals surface area contributed by atoms with Crippen molar-refractivity contribution in [1.82, 2.24) is 15.0 Å². The summed E-state index contributed by atoms with van der Waals surface area (Å²) < 4.78 is 5.51. The molecule has 0 aliphatic rings. The van der Waals surface area contributed by atoms with Crippen molar-refractivity contribution in [1.29, 1.82) is 0 Å². The van der Waals surface area contributed by atoms with Crippen LogP contribution in [0.5, 0.6) is 5.88 Å². The van der Waals surface area contributed by atoms with Gasteiger partial charge < -0.3 is 10.5 Å². The first-order valence-corrected chi connectivity index (χ1v) is 6.20. The van der Waals surface area contributed by atoms with Gasteiger partial charge in [-0.1, -0.05) is 25.4 Å². The lowest BCUT2D eigenvalue weighted by atomic mass is 10.3. The highest BCUT2D eigenvalue weighted by Crippen LogP contribution is 2.23. The highest BCUT2D eigenvalue weighted by atomic mass is 35.5. The van der Waals surface area contributed by atoms with Gasteiger partial charge in [0.15, 0.2) is 5.52 Å². The van der Waals surface area contributed by atoms with Gasteiger partial charge in [-0.25, -0.2) is 9.97 Å². The molecule has 18 heavy (non-hydrogen) atoms. The Bertz CT molecular complexity index is 531. The Labute approximate surface area is 111 Å². The molecular formula is C12H17ClN4O. The van der Waals surface area contributed by atoms with E-state index in [4.69, 9.17) is 22.1 Å². The van der Waals surface area contributed by atoms with Crippen molar-refractivity contribution < 1.29 is 4.74 Å². The molecule has 0 aliphatic heterocycles. The topological polar surface area (TPSA) is 73.9 Å². The van der Waals surface area contributed by atoms with Gasteiger partial charge in [-0.15, -0.1) is 0 Å². The van der Waals surface area contributed by atoms with Crippen molar-refractivity contribution in [2.24, 2.45) is 0 Å². The van der Waals surface area contributed by atoms with Crippen LogP contribution in [-0.4, -0.2) is 21.1 Å². The number of nitrogens with two attached hydrogens (primary N) is 1. The number of ether oxygens (including phenoxy) is 1. The summed E-state index contributed by atoms with van der Waals surface area (Å²) in [4.78, 5) is 12.2. The van der Waals surface area contributed by atoms with E-state index in [-0.39, 0.29) is 12.1 Å². The van der Waals surface area contributed by atoms with Gasteiger partial charge in [0.05, 0.1) is 11.6 Å². The minimum absolute atomic E-state index is 0.0155. The Morgan fingerprint density at radius 2 is 1.83 bits per heavy atom. The number of rotatable bonds is 2. The fraction of sp³-hybridized carbons (Fsp3) is 0.417. The van der Waals surface area contributed by atoms with Gasteiger partial charge in [0.2, 0.25) is 11.8 Å². The van der Waals surface area contributed by atoms with Crippen molar-refractivity contribution >= 4 is 28.6 Å². The molecule has 98 valence electrons. The third-order valence-electron chi connectivity index (χ3n) is 1.84. The SMILES string of the molecule is CC.CC(C)Oc1nc(N)nc2ccc(Cl)nc12. The molecule has 0 unspecified atom stereocenters. The molecule has 0 bridgehead atoms. The summed E-state index contributed by atoms with van der Waals surface area (Å²) in [6.07, 6.45) is -0.0155. The van der Waals surface area contributed by atoms with Gasteiger partial charge >= 0.3 is 0 Å². The number of pyridine rings is 1. The Morgan fingerprint density at radius 1 is 1.17 bits per heavy atom. The van der Waals surface area contributed by atoms with Crippen LogP contribution in [0.3, 0.4) is 0 Å². The highest BCUT2D eigenvalue weighted by molar-refractivity contribution is 6.29. The second-order valence-electron chi connectivity index (χ2n) is 3.56. The van der Waals surface area contributed by atoms with Crippen LogP contribution in [0.4, 0.5) is 5.95 Å². The van der Waals surface area contributed by atoms with Crippen molar-refractivity contribution in [3.63, 3.8) is 0 Å². The van der Waals surface area contributed by atoms with E-state index in [0.29, 0.717) is 22.1 Å². The molecule has 2 heterocycles. The maximum absolute atomic E-state index is 5.81. The summed E-state index contributed by atoms with van der Waals surface area (Å²) >= 11 is 5.81. The van der Waals surface area contributed by atoms with Crippen molar-refractivity contribution in [3.05, 3.63) is 17.3 Å². The summed E-state index contributed by atoms with van der Waals surface area (Å²) in [6, 6.07) is 3.38. The number of nitrogens with zero attached hydrogens (tertiary/aromatic N) is 3. The molecule has 0 aromatic carbocycles. The predicted molar refractivity (Wildman–Crippen MR) is 73.9 cm³/mol. The lowest BCUT2D eigenvalue weighted by molar-refractivity contribution is 0.235. The van der Waals surface area contributed by atoms with E-state index in [0.717, 1.165) is 0 Å². The first-order chi connectivity index (χ1) is 8.56. The van der Waals surface area contributed by atoms with Crippen LogP contribution in [0.25, 0.3) is 11.0 Å². The number of hydrogen-bond acceptors (Lipinski definition) is 5. The van der Waals surface area contributed by atoms with E-state index in [1.807, 2.05) is 27.7 Å². The molecule has 0 saturated heterocycles. The van der Waals surface area contributed by atoms with Crippen molar-refractivity contribution in [2.75, 3.05) is 5.73 Å². The van der Waals surface area contributed by atoms with Crippen LogP contribution in [0.1, 0.15) is 27.7 Å². The zero-order valence-electron chi connectivity index (χ0n) is 10.9. The number of fused-ring (bicyclic) bond motifs is 1. The van der Waals surface area contributed by atoms with E-state index in [2.05, 4.69) is 15.0 Å². The smallest absolute Gasteiger partial charge is 0.245 e. The molecule has 2 rings (SSSR count). The Kier molecular flexibility index (Phi) is 5.09. The molecule has 0 atom stereocenters. The van der Waals surface area contributed by atoms with Gasteiger partial charge in [0.25, 0.3) is 0 Å². The fourth-order valence-electron chi connectivity index (χ4n) is 1.29. The second kappa shape index (κ2) is 6.35. The van der Waals surface area contributed by atoms with E-state index in [1.54, 1.807) is 12.1 Å². The van der Waals surface area contributed by atoms with Gasteiger partial charge in [-0.2, -0.15) is 4.98 Å². The summed E-state index contributed by atoms with van der Waals surface area (Å²) in [5.74, 6) is 0.521. The van der Waals surface area contributed by atoms with E-state index >= 15 is 0 Å². The number of halogens is 1. The van der Waals surface area contributed by atoms with Gasteiger partial charge in [0.1, 0.15) is 5.15 Å². The quantitative estimate of drug-likeness (QED) is 0.847. The number of anilines is 1. The molecule has 5 nitrogen and oxygen atoms in total. The fourth-order valence-corrected chi connectivity index (χ4v) is 1.43. The first-order valence-electron chi connectivity index (χ1n) is 5.82. The van der Waals surface area contributed by atoms with Crippen molar-refractivity contribution in [2.45, 2.75) is 33.8 Å². The number of aromatic nitrogens is 3. The predicted octanol–water partition coefficient (Wildman–Crippen LogP) is 3.07. The molecule has 0 radical (unpaired) electrons. The third-order valence-corrected chi connectivity index (χ3v) is 2.05. The largest absolute Gasteiger partial charge is 0.473 e. The molecule has 6 heteroatoms. The second-order valence-corrected chi connectivity index (χ2v) is 3.94. The number of hydrogen-bond donors (Lipinski definition) is 1. The molecular weight excluding hydrogens is 252 g/mol.